The third-order valence-corrected chi connectivity index (χ3v) is 6.51. The molecular formula is C33H23N4O2Pt-3. The number of nitrogens with zero attached hydrogens (tertiary/aromatic N) is 4. The van der Waals surface area contributed by atoms with Crippen molar-refractivity contribution in [2.45, 2.75) is 0 Å². The van der Waals surface area contributed by atoms with E-state index in [1.165, 1.54) is 0 Å². The summed E-state index contributed by atoms with van der Waals surface area (Å²) in [5, 5.41) is 2.05. The number of aromatic nitrogens is 1. The molecule has 0 fully saturated rings. The van der Waals surface area contributed by atoms with E-state index in [1.807, 2.05) is 104 Å². The minimum atomic E-state index is 0. The van der Waals surface area contributed by atoms with E-state index >= 15 is 0 Å². The Morgan fingerprint density at radius 1 is 0.850 bits per heavy atom. The van der Waals surface area contributed by atoms with Crippen LogP contribution in [-0.4, -0.2) is 16.9 Å². The first kappa shape index (κ1) is 25.7. The molecule has 0 amide bonds. The Balaban J connectivity index is 0.00000289. The van der Waals surface area contributed by atoms with Gasteiger partial charge in [0.2, 0.25) is 5.88 Å². The number of benzene rings is 4. The Hall–Kier alpha value is -4.54. The second kappa shape index (κ2) is 10.9. The molecule has 0 aliphatic carbocycles. The second-order valence-electron chi connectivity index (χ2n) is 9.17. The average molecular weight is 703 g/mol. The van der Waals surface area contributed by atoms with Gasteiger partial charge in [-0.15, -0.1) is 36.0 Å². The Kier molecular flexibility index (Phi) is 7.02. The summed E-state index contributed by atoms with van der Waals surface area (Å²) in [6.07, 6.45) is 5.73. The van der Waals surface area contributed by atoms with Crippen molar-refractivity contribution in [1.29, 1.82) is 0 Å². The minimum Gasteiger partial charge on any atom is -0.513 e. The molecule has 3 heterocycles. The van der Waals surface area contributed by atoms with Crippen LogP contribution in [-0.2, 0) is 21.1 Å². The van der Waals surface area contributed by atoms with Gasteiger partial charge >= 0.3 is 0 Å². The van der Waals surface area contributed by atoms with Gasteiger partial charge in [-0.3, -0.25) is 0 Å². The van der Waals surface area contributed by atoms with Crippen LogP contribution in [0.4, 0.5) is 22.7 Å². The molecule has 0 bridgehead atoms. The van der Waals surface area contributed by atoms with Gasteiger partial charge in [0.1, 0.15) is 5.58 Å². The summed E-state index contributed by atoms with van der Waals surface area (Å²) < 4.78 is 12.5. The minimum absolute atomic E-state index is 0. The molecule has 0 N–H and O–H groups in total. The van der Waals surface area contributed by atoms with Crippen LogP contribution in [0, 0.1) is 18.8 Å². The van der Waals surface area contributed by atoms with Crippen molar-refractivity contribution in [3.05, 3.63) is 134 Å². The Morgan fingerprint density at radius 2 is 1.68 bits per heavy atom. The normalized spacial score (nSPS) is 12.6. The van der Waals surface area contributed by atoms with Crippen LogP contribution in [0.15, 0.2) is 120 Å². The van der Waals surface area contributed by atoms with E-state index in [1.54, 1.807) is 6.20 Å². The fourth-order valence-corrected chi connectivity index (χ4v) is 4.74. The maximum absolute atomic E-state index is 6.49. The summed E-state index contributed by atoms with van der Waals surface area (Å²) in [5.74, 6) is 1.06. The van der Waals surface area contributed by atoms with Crippen molar-refractivity contribution in [3.63, 3.8) is 0 Å². The standard InChI is InChI=1S/C33H23N4O2.Pt/c1-35-18-19-36(23-35)26-21-29-28-14-5-6-15-31(28)39-33(29)30(22-26)37(24-10-3-2-4-11-24)25-12-9-13-27(20-25)38-32-16-7-8-17-34-32;/h2-19,21,23H,1H3;/q-3;. The number of hydrogen-bond acceptors (Lipinski definition) is 6. The van der Waals surface area contributed by atoms with Crippen LogP contribution in [0.25, 0.3) is 21.9 Å². The van der Waals surface area contributed by atoms with Crippen molar-refractivity contribution < 1.29 is 30.2 Å². The predicted octanol–water partition coefficient (Wildman–Crippen LogP) is 8.18. The topological polar surface area (TPSA) is 45.0 Å². The first-order valence-corrected chi connectivity index (χ1v) is 12.6. The number of rotatable bonds is 6. The molecule has 0 saturated carbocycles. The van der Waals surface area contributed by atoms with E-state index in [4.69, 9.17) is 9.15 Å². The van der Waals surface area contributed by atoms with Crippen LogP contribution in [0.5, 0.6) is 11.6 Å². The largest absolute Gasteiger partial charge is 0.513 e. The van der Waals surface area contributed by atoms with Crippen molar-refractivity contribution in [2.24, 2.45) is 0 Å². The summed E-state index contributed by atoms with van der Waals surface area (Å²) in [4.78, 5) is 10.5. The van der Waals surface area contributed by atoms with E-state index in [2.05, 4.69) is 51.2 Å². The van der Waals surface area contributed by atoms with E-state index < -0.39 is 0 Å². The molecule has 1 aliphatic heterocycles. The summed E-state index contributed by atoms with van der Waals surface area (Å²) in [6, 6.07) is 38.9. The Labute approximate surface area is 247 Å². The van der Waals surface area contributed by atoms with Gasteiger partial charge in [0.15, 0.2) is 0 Å². The van der Waals surface area contributed by atoms with E-state index in [9.17, 15) is 0 Å². The molecule has 0 saturated heterocycles. The number of para-hydroxylation sites is 2. The zero-order valence-electron chi connectivity index (χ0n) is 21.5. The van der Waals surface area contributed by atoms with Crippen molar-refractivity contribution in [2.75, 3.05) is 16.8 Å². The van der Waals surface area contributed by atoms with Crippen LogP contribution in [0.1, 0.15) is 0 Å². The summed E-state index contributed by atoms with van der Waals surface area (Å²) >= 11 is 0. The number of pyridine rings is 1. The van der Waals surface area contributed by atoms with Gasteiger partial charge in [-0.05, 0) is 49.4 Å². The monoisotopic (exact) mass is 702 g/mol. The molecule has 0 unspecified atom stereocenters. The predicted molar refractivity (Wildman–Crippen MR) is 154 cm³/mol. The molecule has 7 rings (SSSR count). The maximum atomic E-state index is 6.49. The van der Waals surface area contributed by atoms with Crippen LogP contribution in [0.2, 0.25) is 0 Å². The molecule has 40 heavy (non-hydrogen) atoms. The van der Waals surface area contributed by atoms with Crippen molar-refractivity contribution in [1.82, 2.24) is 9.88 Å². The van der Waals surface area contributed by atoms with Gasteiger partial charge in [-0.2, -0.15) is 12.7 Å². The van der Waals surface area contributed by atoms with Gasteiger partial charge in [0, 0.05) is 55.7 Å². The van der Waals surface area contributed by atoms with Crippen molar-refractivity contribution in [3.8, 4) is 11.6 Å². The summed E-state index contributed by atoms with van der Waals surface area (Å²) in [5.41, 5.74) is 4.95. The zero-order chi connectivity index (χ0) is 26.2. The zero-order valence-corrected chi connectivity index (χ0v) is 23.7. The van der Waals surface area contributed by atoms with E-state index in [0.29, 0.717) is 11.6 Å². The smallest absolute Gasteiger partial charge is 0.216 e. The fourth-order valence-electron chi connectivity index (χ4n) is 4.74. The van der Waals surface area contributed by atoms with Gasteiger partial charge in [-0.1, -0.05) is 53.5 Å². The molecule has 2 aromatic heterocycles. The van der Waals surface area contributed by atoms with Gasteiger partial charge in [0.05, 0.1) is 0 Å². The molecular weight excluding hydrogens is 679 g/mol. The molecule has 4 aromatic carbocycles. The number of fused-ring (bicyclic) bond motifs is 3. The third-order valence-electron chi connectivity index (χ3n) is 6.51. The quantitative estimate of drug-likeness (QED) is 0.163. The number of furan rings is 1. The first-order chi connectivity index (χ1) is 19.2. The van der Waals surface area contributed by atoms with Crippen LogP contribution in [0.3, 0.4) is 0 Å². The first-order valence-electron chi connectivity index (χ1n) is 12.6. The van der Waals surface area contributed by atoms with Gasteiger partial charge in [-0.25, -0.2) is 4.98 Å². The fraction of sp³-hybridized carbons (Fsp3) is 0.0303. The Morgan fingerprint density at radius 3 is 2.48 bits per heavy atom. The maximum Gasteiger partial charge on any atom is 0.216 e. The number of ether oxygens (including phenoxy) is 1. The van der Waals surface area contributed by atoms with Crippen molar-refractivity contribution >= 4 is 44.7 Å². The molecule has 1 aliphatic rings. The summed E-state index contributed by atoms with van der Waals surface area (Å²) in [6.45, 7) is 2.02. The van der Waals surface area contributed by atoms with Gasteiger partial charge < -0.3 is 23.9 Å². The molecule has 6 nitrogen and oxygen atoms in total. The third kappa shape index (κ3) is 4.83. The molecule has 0 atom stereocenters. The average Bonchev–Trinajstić information content (AvgIpc) is 3.58. The number of hydrogen-bond donors (Lipinski definition) is 0. The summed E-state index contributed by atoms with van der Waals surface area (Å²) in [7, 11) is 2.00. The Bertz CT molecular complexity index is 1800. The van der Waals surface area contributed by atoms with E-state index in [-0.39, 0.29) is 21.1 Å². The molecule has 0 radical (unpaired) electrons. The molecule has 200 valence electrons. The van der Waals surface area contributed by atoms with Gasteiger partial charge in [0.25, 0.3) is 0 Å². The SMILES string of the molecule is CN1C=CN(c2[c-]c(N(c3[c-]c(Oc4ccccn4)ccc3)c3ccccc3)c3oc4ccccc4c3c2)[CH-]1.[Pt]. The van der Waals surface area contributed by atoms with Crippen LogP contribution >= 0.6 is 0 Å². The number of anilines is 4. The molecule has 7 heteroatoms. The molecule has 6 aromatic rings. The van der Waals surface area contributed by atoms with Crippen LogP contribution < -0.4 is 14.5 Å². The molecule has 0 spiro atoms. The second-order valence-corrected chi connectivity index (χ2v) is 9.17. The van der Waals surface area contributed by atoms with E-state index in [0.717, 1.165) is 44.7 Å².